The molecule has 1 unspecified atom stereocenters. The number of aromatic nitrogens is 2. The molecule has 1 aromatic carbocycles. The average Bonchev–Trinajstić information content (AvgIpc) is 2.93. The van der Waals surface area contributed by atoms with Crippen molar-refractivity contribution in [2.75, 3.05) is 5.32 Å². The molecule has 5 nitrogen and oxygen atoms in total. The van der Waals surface area contributed by atoms with Gasteiger partial charge in [0.25, 0.3) is 12.3 Å². The standard InChI is InChI=1S/C16H13ClF2N4O/c1-8-7-10(14(18)19)23-16(21-8)11(15(20)24)13(22-23)12(17)9-5-3-2-4-6-9/h2-7,12,14,21H,1H2,(H2,20,24). The molecule has 3 N–H and O–H groups in total. The summed E-state index contributed by atoms with van der Waals surface area (Å²) in [6.45, 7) is 3.61. The van der Waals surface area contributed by atoms with E-state index in [2.05, 4.69) is 17.0 Å². The van der Waals surface area contributed by atoms with Crippen molar-refractivity contribution in [2.24, 2.45) is 5.73 Å². The van der Waals surface area contributed by atoms with E-state index >= 15 is 0 Å². The van der Waals surface area contributed by atoms with Crippen LogP contribution in [-0.2, 0) is 0 Å². The number of amides is 1. The number of primary amides is 1. The smallest absolute Gasteiger partial charge is 0.280 e. The minimum Gasteiger partial charge on any atom is -0.365 e. The molecule has 0 saturated heterocycles. The lowest BCUT2D eigenvalue weighted by Crippen LogP contribution is -2.20. The van der Waals surface area contributed by atoms with Crippen molar-refractivity contribution in [1.82, 2.24) is 9.78 Å². The Bertz CT molecular complexity index is 845. The quantitative estimate of drug-likeness (QED) is 0.830. The minimum absolute atomic E-state index is 0.0359. The monoisotopic (exact) mass is 350 g/mol. The van der Waals surface area contributed by atoms with Crippen molar-refractivity contribution in [3.05, 3.63) is 65.5 Å². The van der Waals surface area contributed by atoms with Gasteiger partial charge in [0.1, 0.15) is 28.1 Å². The average molecular weight is 351 g/mol. The number of anilines is 1. The molecule has 124 valence electrons. The molecule has 0 saturated carbocycles. The molecule has 0 fully saturated rings. The fraction of sp³-hybridized carbons (Fsp3) is 0.125. The zero-order chi connectivity index (χ0) is 17.4. The van der Waals surface area contributed by atoms with Crippen molar-refractivity contribution in [1.29, 1.82) is 0 Å². The third-order valence-corrected chi connectivity index (χ3v) is 4.02. The first-order valence-electron chi connectivity index (χ1n) is 6.98. The molecule has 0 spiro atoms. The Morgan fingerprint density at radius 2 is 2.00 bits per heavy atom. The van der Waals surface area contributed by atoms with E-state index in [0.29, 0.717) is 5.56 Å². The van der Waals surface area contributed by atoms with E-state index in [1.54, 1.807) is 24.3 Å². The zero-order valence-corrected chi connectivity index (χ0v) is 13.1. The van der Waals surface area contributed by atoms with Crippen LogP contribution in [0.15, 0.2) is 48.7 Å². The van der Waals surface area contributed by atoms with Crippen molar-refractivity contribution in [3.8, 4) is 0 Å². The van der Waals surface area contributed by atoms with E-state index < -0.39 is 23.4 Å². The first-order chi connectivity index (χ1) is 11.4. The van der Waals surface area contributed by atoms with Crippen molar-refractivity contribution < 1.29 is 13.6 Å². The van der Waals surface area contributed by atoms with Crippen LogP contribution in [0.1, 0.15) is 27.0 Å². The number of allylic oxidation sites excluding steroid dienone is 2. The molecule has 1 atom stereocenters. The van der Waals surface area contributed by atoms with Crippen LogP contribution in [-0.4, -0.2) is 22.1 Å². The van der Waals surface area contributed by atoms with Gasteiger partial charge in [0.15, 0.2) is 0 Å². The van der Waals surface area contributed by atoms with Gasteiger partial charge in [-0.05, 0) is 11.6 Å². The molecule has 1 aliphatic rings. The zero-order valence-electron chi connectivity index (χ0n) is 12.3. The van der Waals surface area contributed by atoms with Gasteiger partial charge >= 0.3 is 0 Å². The highest BCUT2D eigenvalue weighted by Crippen LogP contribution is 2.37. The van der Waals surface area contributed by atoms with Crippen LogP contribution in [0.2, 0.25) is 0 Å². The molecular formula is C16H13ClF2N4O. The highest BCUT2D eigenvalue weighted by molar-refractivity contribution is 6.23. The van der Waals surface area contributed by atoms with Gasteiger partial charge in [-0.15, -0.1) is 11.6 Å². The van der Waals surface area contributed by atoms with Gasteiger partial charge in [-0.3, -0.25) is 4.79 Å². The van der Waals surface area contributed by atoms with E-state index in [0.717, 1.165) is 10.8 Å². The van der Waals surface area contributed by atoms with Crippen LogP contribution in [0.5, 0.6) is 0 Å². The topological polar surface area (TPSA) is 72.9 Å². The van der Waals surface area contributed by atoms with Gasteiger partial charge in [0, 0.05) is 5.70 Å². The molecule has 24 heavy (non-hydrogen) atoms. The maximum absolute atomic E-state index is 13.3. The second kappa shape index (κ2) is 6.09. The summed E-state index contributed by atoms with van der Waals surface area (Å²) >= 11 is 6.42. The lowest BCUT2D eigenvalue weighted by Gasteiger charge is -2.18. The Morgan fingerprint density at radius 3 is 2.58 bits per heavy atom. The van der Waals surface area contributed by atoms with Crippen LogP contribution in [0, 0.1) is 0 Å². The van der Waals surface area contributed by atoms with E-state index in [1.807, 2.05) is 6.07 Å². The highest BCUT2D eigenvalue weighted by Gasteiger charge is 2.32. The van der Waals surface area contributed by atoms with E-state index in [1.165, 1.54) is 0 Å². The van der Waals surface area contributed by atoms with Crippen LogP contribution < -0.4 is 11.1 Å². The molecule has 0 bridgehead atoms. The van der Waals surface area contributed by atoms with Crippen molar-refractivity contribution in [3.63, 3.8) is 0 Å². The van der Waals surface area contributed by atoms with Gasteiger partial charge in [0.2, 0.25) is 0 Å². The third kappa shape index (κ3) is 2.67. The number of nitrogens with zero attached hydrogens (tertiary/aromatic N) is 2. The van der Waals surface area contributed by atoms with E-state index in [4.69, 9.17) is 17.3 Å². The molecule has 0 aliphatic carbocycles. The van der Waals surface area contributed by atoms with Crippen LogP contribution in [0.4, 0.5) is 14.6 Å². The Balaban J connectivity index is 2.19. The molecule has 3 rings (SSSR count). The van der Waals surface area contributed by atoms with Gasteiger partial charge in [-0.1, -0.05) is 36.9 Å². The Hall–Kier alpha value is -2.67. The molecule has 2 aromatic rings. The number of nitrogens with two attached hydrogens (primary N) is 1. The summed E-state index contributed by atoms with van der Waals surface area (Å²) < 4.78 is 27.5. The van der Waals surface area contributed by atoms with E-state index in [-0.39, 0.29) is 22.8 Å². The number of alkyl halides is 3. The summed E-state index contributed by atoms with van der Waals surface area (Å²) in [4.78, 5) is 11.9. The number of nitrogens with one attached hydrogen (secondary N) is 1. The number of carbonyl (C=O) groups excluding carboxylic acids is 1. The minimum atomic E-state index is -2.80. The third-order valence-electron chi connectivity index (χ3n) is 3.56. The number of carbonyl (C=O) groups is 1. The van der Waals surface area contributed by atoms with Crippen LogP contribution in [0.25, 0.3) is 5.70 Å². The Morgan fingerprint density at radius 1 is 1.33 bits per heavy atom. The van der Waals surface area contributed by atoms with Crippen LogP contribution in [0.3, 0.4) is 0 Å². The molecule has 0 radical (unpaired) electrons. The Labute approximate surface area is 141 Å². The second-order valence-electron chi connectivity index (χ2n) is 5.18. The molecule has 1 amide bonds. The summed E-state index contributed by atoms with van der Waals surface area (Å²) in [6, 6.07) is 8.85. The molecule has 2 heterocycles. The molecule has 1 aliphatic heterocycles. The number of hydrogen-bond donors (Lipinski definition) is 2. The first-order valence-corrected chi connectivity index (χ1v) is 7.41. The fourth-order valence-corrected chi connectivity index (χ4v) is 2.82. The van der Waals surface area contributed by atoms with Gasteiger partial charge in [0.05, 0.1) is 0 Å². The van der Waals surface area contributed by atoms with Crippen molar-refractivity contribution >= 4 is 29.0 Å². The number of halogens is 3. The summed E-state index contributed by atoms with van der Waals surface area (Å²) in [7, 11) is 0. The van der Waals surface area contributed by atoms with Crippen LogP contribution >= 0.6 is 11.6 Å². The number of rotatable bonds is 4. The van der Waals surface area contributed by atoms with Gasteiger partial charge in [-0.2, -0.15) is 5.10 Å². The van der Waals surface area contributed by atoms with Crippen molar-refractivity contribution in [2.45, 2.75) is 11.8 Å². The highest BCUT2D eigenvalue weighted by atomic mass is 35.5. The number of benzene rings is 1. The lowest BCUT2D eigenvalue weighted by molar-refractivity contribution is 0.1000. The summed E-state index contributed by atoms with van der Waals surface area (Å²) in [6.07, 6.45) is -1.65. The maximum atomic E-state index is 13.3. The summed E-state index contributed by atoms with van der Waals surface area (Å²) in [5.41, 5.74) is 5.98. The number of fused-ring (bicyclic) bond motifs is 1. The number of hydrogen-bond acceptors (Lipinski definition) is 3. The largest absolute Gasteiger partial charge is 0.365 e. The van der Waals surface area contributed by atoms with Gasteiger partial charge in [-0.25, -0.2) is 13.5 Å². The summed E-state index contributed by atoms with van der Waals surface area (Å²) in [5.74, 6) is -0.773. The first kappa shape index (κ1) is 16.2. The predicted octanol–water partition coefficient (Wildman–Crippen LogP) is 3.36. The lowest BCUT2D eigenvalue weighted by atomic mass is 10.1. The Kier molecular flexibility index (Phi) is 4.11. The molecular weight excluding hydrogens is 338 g/mol. The predicted molar refractivity (Wildman–Crippen MR) is 87.9 cm³/mol. The SMILES string of the molecule is C=C1C=C(C(F)F)n2nc(C(Cl)c3ccccc3)c(C(N)=O)c2N1. The summed E-state index contributed by atoms with van der Waals surface area (Å²) in [5, 5.41) is 6.06. The second-order valence-corrected chi connectivity index (χ2v) is 5.61. The molecule has 8 heteroatoms. The maximum Gasteiger partial charge on any atom is 0.280 e. The molecule has 1 aromatic heterocycles. The van der Waals surface area contributed by atoms with Gasteiger partial charge < -0.3 is 11.1 Å². The fourth-order valence-electron chi connectivity index (χ4n) is 2.52. The normalized spacial score (nSPS) is 14.8. The van der Waals surface area contributed by atoms with E-state index in [9.17, 15) is 13.6 Å².